The minimum atomic E-state index is -0.913. The number of carboxylic acids is 1. The van der Waals surface area contributed by atoms with E-state index in [-0.39, 0.29) is 5.41 Å². The average Bonchev–Trinajstić information content (AvgIpc) is 2.45. The first-order valence-corrected chi connectivity index (χ1v) is 7.76. The summed E-state index contributed by atoms with van der Waals surface area (Å²) in [5.41, 5.74) is 3.46. The summed E-state index contributed by atoms with van der Waals surface area (Å²) in [6.45, 7) is 10.6. The molecule has 0 radical (unpaired) electrons. The van der Waals surface area contributed by atoms with E-state index in [2.05, 4.69) is 49.8 Å². The fourth-order valence-electron chi connectivity index (χ4n) is 2.63. The maximum atomic E-state index is 10.8. The second kappa shape index (κ2) is 6.53. The predicted molar refractivity (Wildman–Crippen MR) is 91.5 cm³/mol. The van der Waals surface area contributed by atoms with Crippen molar-refractivity contribution in [2.24, 2.45) is 0 Å². The molecule has 1 aliphatic rings. The lowest BCUT2D eigenvalue weighted by molar-refractivity contribution is -0.131. The molecule has 4 nitrogen and oxygen atoms in total. The third-order valence-corrected chi connectivity index (χ3v) is 4.15. The maximum absolute atomic E-state index is 10.8. The summed E-state index contributed by atoms with van der Waals surface area (Å²) >= 11 is 0. The summed E-state index contributed by atoms with van der Waals surface area (Å²) in [5, 5.41) is 8.89. The van der Waals surface area contributed by atoms with Crippen molar-refractivity contribution in [2.45, 2.75) is 26.2 Å². The molecule has 1 aromatic rings. The van der Waals surface area contributed by atoms with Crippen LogP contribution in [0.15, 0.2) is 24.3 Å². The number of hydrogen-bond donors (Lipinski definition) is 1. The molecule has 2 rings (SSSR count). The van der Waals surface area contributed by atoms with E-state index in [4.69, 9.17) is 5.11 Å². The van der Waals surface area contributed by atoms with E-state index in [1.807, 2.05) is 6.07 Å². The molecule has 1 N–H and O–H groups in total. The number of rotatable bonds is 3. The first kappa shape index (κ1) is 16.6. The van der Waals surface area contributed by atoms with Crippen LogP contribution in [-0.2, 0) is 10.2 Å². The average molecular weight is 302 g/mol. The van der Waals surface area contributed by atoms with Crippen molar-refractivity contribution in [1.82, 2.24) is 4.90 Å². The van der Waals surface area contributed by atoms with Gasteiger partial charge in [0.15, 0.2) is 0 Å². The molecule has 1 aromatic carbocycles. The molecule has 0 bridgehead atoms. The number of carbonyl (C=O) groups is 1. The molecule has 4 heteroatoms. The van der Waals surface area contributed by atoms with Gasteiger partial charge >= 0.3 is 5.97 Å². The molecule has 120 valence electrons. The van der Waals surface area contributed by atoms with Crippen LogP contribution in [0.4, 0.5) is 5.69 Å². The Balaban J connectivity index is 2.39. The highest BCUT2D eigenvalue weighted by atomic mass is 16.4. The van der Waals surface area contributed by atoms with E-state index in [1.165, 1.54) is 11.6 Å². The standard InChI is InChI=1S/C18H26N2O2/c1-18(2,3)15-7-5-14(6-8-17(21)22)16(13-15)20-11-9-19(4)10-12-20/h5-8,13H,9-12H2,1-4H3,(H,21,22). The number of aliphatic carboxylic acids is 1. The van der Waals surface area contributed by atoms with Crippen molar-refractivity contribution in [1.29, 1.82) is 0 Å². The van der Waals surface area contributed by atoms with Crippen LogP contribution in [0.3, 0.4) is 0 Å². The fraction of sp³-hybridized carbons (Fsp3) is 0.500. The highest BCUT2D eigenvalue weighted by molar-refractivity contribution is 5.87. The Hall–Kier alpha value is -1.81. The van der Waals surface area contributed by atoms with Crippen LogP contribution in [-0.4, -0.2) is 49.2 Å². The van der Waals surface area contributed by atoms with Crippen LogP contribution in [0.5, 0.6) is 0 Å². The van der Waals surface area contributed by atoms with Crippen molar-refractivity contribution in [3.63, 3.8) is 0 Å². The smallest absolute Gasteiger partial charge is 0.328 e. The van der Waals surface area contributed by atoms with E-state index in [1.54, 1.807) is 6.08 Å². The molecule has 0 aliphatic carbocycles. The van der Waals surface area contributed by atoms with E-state index < -0.39 is 5.97 Å². The van der Waals surface area contributed by atoms with Crippen LogP contribution < -0.4 is 4.90 Å². The fourth-order valence-corrected chi connectivity index (χ4v) is 2.63. The van der Waals surface area contributed by atoms with Gasteiger partial charge in [-0.2, -0.15) is 0 Å². The second-order valence-corrected chi connectivity index (χ2v) is 6.99. The van der Waals surface area contributed by atoms with Crippen molar-refractivity contribution >= 4 is 17.7 Å². The highest BCUT2D eigenvalue weighted by Gasteiger charge is 2.20. The van der Waals surface area contributed by atoms with Gasteiger partial charge in [-0.25, -0.2) is 4.79 Å². The van der Waals surface area contributed by atoms with Gasteiger partial charge in [-0.15, -0.1) is 0 Å². The first-order valence-electron chi connectivity index (χ1n) is 7.76. The van der Waals surface area contributed by atoms with Gasteiger partial charge in [0.05, 0.1) is 0 Å². The molecule has 1 fully saturated rings. The number of nitrogens with zero attached hydrogens (tertiary/aromatic N) is 2. The van der Waals surface area contributed by atoms with Gasteiger partial charge in [-0.3, -0.25) is 0 Å². The van der Waals surface area contributed by atoms with Crippen molar-refractivity contribution in [3.05, 3.63) is 35.4 Å². The Bertz CT molecular complexity index is 565. The van der Waals surface area contributed by atoms with Crippen molar-refractivity contribution < 1.29 is 9.90 Å². The molecule has 0 spiro atoms. The van der Waals surface area contributed by atoms with Crippen LogP contribution in [0, 0.1) is 0 Å². The lowest BCUT2D eigenvalue weighted by Crippen LogP contribution is -2.44. The Morgan fingerprint density at radius 3 is 2.36 bits per heavy atom. The number of piperazine rings is 1. The van der Waals surface area contributed by atoms with Gasteiger partial charge in [0, 0.05) is 37.9 Å². The number of carboxylic acid groups (broad SMARTS) is 1. The summed E-state index contributed by atoms with van der Waals surface area (Å²) in [4.78, 5) is 15.5. The Kier molecular flexibility index (Phi) is 4.91. The topological polar surface area (TPSA) is 43.8 Å². The quantitative estimate of drug-likeness (QED) is 0.872. The number of benzene rings is 1. The molecular formula is C18H26N2O2. The second-order valence-electron chi connectivity index (χ2n) is 6.99. The SMILES string of the molecule is CN1CCN(c2cc(C(C)(C)C)ccc2C=CC(=O)O)CC1. The zero-order chi connectivity index (χ0) is 16.3. The minimum absolute atomic E-state index is 0.0797. The molecule has 0 amide bonds. The Morgan fingerprint density at radius 2 is 1.82 bits per heavy atom. The van der Waals surface area contributed by atoms with Crippen molar-refractivity contribution in [3.8, 4) is 0 Å². The summed E-state index contributed by atoms with van der Waals surface area (Å²) < 4.78 is 0. The zero-order valence-corrected chi connectivity index (χ0v) is 14.0. The molecule has 0 unspecified atom stereocenters. The van der Waals surface area contributed by atoms with Gasteiger partial charge in [0.2, 0.25) is 0 Å². The lowest BCUT2D eigenvalue weighted by Gasteiger charge is -2.35. The summed E-state index contributed by atoms with van der Waals surface area (Å²) in [6.07, 6.45) is 2.91. The number of anilines is 1. The monoisotopic (exact) mass is 302 g/mol. The van der Waals surface area contributed by atoms with Gasteiger partial charge < -0.3 is 14.9 Å². The number of likely N-dealkylation sites (N-methyl/N-ethyl adjacent to an activating group) is 1. The molecule has 22 heavy (non-hydrogen) atoms. The zero-order valence-electron chi connectivity index (χ0n) is 14.0. The van der Waals surface area contributed by atoms with Crippen LogP contribution >= 0.6 is 0 Å². The van der Waals surface area contributed by atoms with E-state index in [0.29, 0.717) is 0 Å². The molecule has 0 saturated carbocycles. The van der Waals surface area contributed by atoms with E-state index >= 15 is 0 Å². The highest BCUT2D eigenvalue weighted by Crippen LogP contribution is 2.30. The Morgan fingerprint density at radius 1 is 1.18 bits per heavy atom. The molecular weight excluding hydrogens is 276 g/mol. The first-order chi connectivity index (χ1) is 10.3. The normalized spacial score (nSPS) is 17.2. The summed E-state index contributed by atoms with van der Waals surface area (Å²) in [6, 6.07) is 6.35. The third kappa shape index (κ3) is 4.10. The lowest BCUT2D eigenvalue weighted by atomic mass is 9.86. The van der Waals surface area contributed by atoms with Gasteiger partial charge in [-0.05, 0) is 35.7 Å². The molecule has 0 aromatic heterocycles. The van der Waals surface area contributed by atoms with Gasteiger partial charge in [-0.1, -0.05) is 32.9 Å². The van der Waals surface area contributed by atoms with Crippen LogP contribution in [0.2, 0.25) is 0 Å². The predicted octanol–water partition coefficient (Wildman–Crippen LogP) is 2.83. The van der Waals surface area contributed by atoms with Crippen molar-refractivity contribution in [2.75, 3.05) is 38.1 Å². The molecule has 1 aliphatic heterocycles. The Labute approximate surface area is 133 Å². The van der Waals surface area contributed by atoms with Crippen LogP contribution in [0.25, 0.3) is 6.08 Å². The van der Waals surface area contributed by atoms with E-state index in [9.17, 15) is 4.79 Å². The molecule has 0 atom stereocenters. The van der Waals surface area contributed by atoms with Gasteiger partial charge in [0.25, 0.3) is 0 Å². The molecule has 1 saturated heterocycles. The van der Waals surface area contributed by atoms with Gasteiger partial charge in [0.1, 0.15) is 0 Å². The molecule has 1 heterocycles. The number of hydrogen-bond acceptors (Lipinski definition) is 3. The summed E-state index contributed by atoms with van der Waals surface area (Å²) in [7, 11) is 2.13. The maximum Gasteiger partial charge on any atom is 0.328 e. The van der Waals surface area contributed by atoms with E-state index in [0.717, 1.165) is 37.4 Å². The minimum Gasteiger partial charge on any atom is -0.478 e. The third-order valence-electron chi connectivity index (χ3n) is 4.15. The largest absolute Gasteiger partial charge is 0.478 e. The van der Waals surface area contributed by atoms with Crippen LogP contribution in [0.1, 0.15) is 31.9 Å². The summed E-state index contributed by atoms with van der Waals surface area (Å²) in [5.74, 6) is -0.913.